The van der Waals surface area contributed by atoms with Crippen molar-refractivity contribution in [3.8, 4) is 11.8 Å². The first kappa shape index (κ1) is 9.44. The third-order valence-corrected chi connectivity index (χ3v) is 2.55. The number of anilines is 1. The summed E-state index contributed by atoms with van der Waals surface area (Å²) < 4.78 is 0.795. The number of halogens is 2. The molecule has 0 aliphatic heterocycles. The first-order valence-electron chi connectivity index (χ1n) is 3.32. The fourth-order valence-corrected chi connectivity index (χ4v) is 1.33. The molecule has 3 heteroatoms. The number of hydrogen-bond donors (Lipinski definition) is 1. The predicted octanol–water partition coefficient (Wildman–Crippen LogP) is 3.06. The van der Waals surface area contributed by atoms with Crippen LogP contribution < -0.4 is 5.73 Å². The Hall–Kier alpha value is -0.650. The monoisotopic (exact) mass is 243 g/mol. The van der Waals surface area contributed by atoms with Gasteiger partial charge in [-0.15, -0.1) is 5.92 Å². The van der Waals surface area contributed by atoms with Gasteiger partial charge in [-0.3, -0.25) is 0 Å². The van der Waals surface area contributed by atoms with Crippen molar-refractivity contribution in [3.05, 3.63) is 27.2 Å². The van der Waals surface area contributed by atoms with Gasteiger partial charge in [0.1, 0.15) is 0 Å². The first-order chi connectivity index (χ1) is 5.65. The van der Waals surface area contributed by atoms with Crippen molar-refractivity contribution >= 4 is 33.2 Å². The van der Waals surface area contributed by atoms with Crippen molar-refractivity contribution in [2.24, 2.45) is 0 Å². The smallest absolute Gasteiger partial charge is 0.0562 e. The van der Waals surface area contributed by atoms with Gasteiger partial charge in [0, 0.05) is 15.7 Å². The Morgan fingerprint density at radius 2 is 2.17 bits per heavy atom. The molecule has 0 heterocycles. The Bertz CT molecular complexity index is 363. The maximum absolute atomic E-state index is 5.85. The second kappa shape index (κ2) is 3.84. The van der Waals surface area contributed by atoms with Crippen LogP contribution in [0.25, 0.3) is 0 Å². The van der Waals surface area contributed by atoms with Crippen molar-refractivity contribution in [1.82, 2.24) is 0 Å². The zero-order chi connectivity index (χ0) is 9.14. The van der Waals surface area contributed by atoms with Gasteiger partial charge in [-0.2, -0.15) is 0 Å². The van der Waals surface area contributed by atoms with Crippen LogP contribution in [0, 0.1) is 11.8 Å². The van der Waals surface area contributed by atoms with E-state index in [1.807, 2.05) is 0 Å². The third-order valence-electron chi connectivity index (χ3n) is 1.35. The lowest BCUT2D eigenvalue weighted by atomic mass is 10.2. The first-order valence-corrected chi connectivity index (χ1v) is 4.49. The van der Waals surface area contributed by atoms with Gasteiger partial charge in [0.05, 0.1) is 5.02 Å². The zero-order valence-electron chi connectivity index (χ0n) is 6.49. The van der Waals surface area contributed by atoms with Crippen LogP contribution in [0.5, 0.6) is 0 Å². The lowest BCUT2D eigenvalue weighted by Gasteiger charge is -2.00. The molecule has 1 rings (SSSR count). The highest BCUT2D eigenvalue weighted by molar-refractivity contribution is 9.10. The Morgan fingerprint density at radius 3 is 2.75 bits per heavy atom. The van der Waals surface area contributed by atoms with Gasteiger partial charge in [-0.25, -0.2) is 0 Å². The van der Waals surface area contributed by atoms with Gasteiger partial charge in [0.15, 0.2) is 0 Å². The van der Waals surface area contributed by atoms with Gasteiger partial charge in [0.2, 0.25) is 0 Å². The van der Waals surface area contributed by atoms with Crippen molar-refractivity contribution in [2.75, 3.05) is 5.73 Å². The molecule has 1 aromatic rings. The van der Waals surface area contributed by atoms with E-state index < -0.39 is 0 Å². The van der Waals surface area contributed by atoms with E-state index in [1.165, 1.54) is 0 Å². The summed E-state index contributed by atoms with van der Waals surface area (Å²) in [5.74, 6) is 5.63. The molecule has 0 spiro atoms. The molecule has 0 bridgehead atoms. The fourth-order valence-electron chi connectivity index (χ4n) is 0.805. The molecular formula is C9H7BrClN. The molecule has 0 unspecified atom stereocenters. The molecule has 0 aromatic heterocycles. The summed E-state index contributed by atoms with van der Waals surface area (Å²) in [6.45, 7) is 1.76. The van der Waals surface area contributed by atoms with Gasteiger partial charge >= 0.3 is 0 Å². The normalized spacial score (nSPS) is 8.92. The van der Waals surface area contributed by atoms with Crippen LogP contribution in [0.2, 0.25) is 5.02 Å². The van der Waals surface area contributed by atoms with E-state index in [2.05, 4.69) is 27.8 Å². The van der Waals surface area contributed by atoms with Gasteiger partial charge in [-0.05, 0) is 35.0 Å². The standard InChI is InChI=1S/C9H7BrClN/c1-2-3-6-4-8(11)7(10)5-9(6)12/h4-5H,12H2,1H3. The zero-order valence-corrected chi connectivity index (χ0v) is 8.83. The summed E-state index contributed by atoms with van der Waals surface area (Å²) in [6.07, 6.45) is 0. The second-order valence-electron chi connectivity index (χ2n) is 2.23. The van der Waals surface area contributed by atoms with E-state index in [4.69, 9.17) is 17.3 Å². The summed E-state index contributed by atoms with van der Waals surface area (Å²) in [6, 6.07) is 3.50. The quantitative estimate of drug-likeness (QED) is 0.551. The molecule has 2 N–H and O–H groups in total. The topological polar surface area (TPSA) is 26.0 Å². The summed E-state index contributed by atoms with van der Waals surface area (Å²) in [5.41, 5.74) is 7.09. The van der Waals surface area contributed by atoms with Crippen LogP contribution in [0.15, 0.2) is 16.6 Å². The average Bonchev–Trinajstić information content (AvgIpc) is 2.01. The predicted molar refractivity (Wildman–Crippen MR) is 56.1 cm³/mol. The lowest BCUT2D eigenvalue weighted by Crippen LogP contribution is -1.90. The average molecular weight is 245 g/mol. The molecule has 12 heavy (non-hydrogen) atoms. The number of nitrogen functional groups attached to an aromatic ring is 1. The fraction of sp³-hybridized carbons (Fsp3) is 0.111. The van der Waals surface area contributed by atoms with Gasteiger partial charge < -0.3 is 5.73 Å². The number of nitrogens with two attached hydrogens (primary N) is 1. The van der Waals surface area contributed by atoms with Crippen LogP contribution in [0.1, 0.15) is 12.5 Å². The number of benzene rings is 1. The van der Waals surface area contributed by atoms with E-state index in [-0.39, 0.29) is 0 Å². The maximum Gasteiger partial charge on any atom is 0.0562 e. The minimum atomic E-state index is 0.627. The molecule has 0 aliphatic rings. The number of hydrogen-bond acceptors (Lipinski definition) is 1. The highest BCUT2D eigenvalue weighted by Gasteiger charge is 2.01. The molecule has 0 amide bonds. The third kappa shape index (κ3) is 1.94. The van der Waals surface area contributed by atoms with Crippen LogP contribution in [0.4, 0.5) is 5.69 Å². The summed E-state index contributed by atoms with van der Waals surface area (Å²) in [4.78, 5) is 0. The van der Waals surface area contributed by atoms with E-state index in [1.54, 1.807) is 19.1 Å². The molecule has 0 radical (unpaired) electrons. The van der Waals surface area contributed by atoms with Crippen molar-refractivity contribution in [3.63, 3.8) is 0 Å². The van der Waals surface area contributed by atoms with Crippen LogP contribution in [0.3, 0.4) is 0 Å². The largest absolute Gasteiger partial charge is 0.398 e. The molecule has 1 aromatic carbocycles. The second-order valence-corrected chi connectivity index (χ2v) is 3.49. The SMILES string of the molecule is CC#Cc1cc(Cl)c(Br)cc1N. The molecule has 1 nitrogen and oxygen atoms in total. The lowest BCUT2D eigenvalue weighted by molar-refractivity contribution is 1.58. The van der Waals surface area contributed by atoms with Crippen LogP contribution in [-0.4, -0.2) is 0 Å². The number of rotatable bonds is 0. The molecule has 0 saturated carbocycles. The summed E-state index contributed by atoms with van der Waals surface area (Å²) in [7, 11) is 0. The van der Waals surface area contributed by atoms with Crippen molar-refractivity contribution < 1.29 is 0 Å². The van der Waals surface area contributed by atoms with Gasteiger partial charge in [0.25, 0.3) is 0 Å². The van der Waals surface area contributed by atoms with Crippen LogP contribution >= 0.6 is 27.5 Å². The van der Waals surface area contributed by atoms with E-state index in [9.17, 15) is 0 Å². The minimum absolute atomic E-state index is 0.627. The Balaban J connectivity index is 3.29. The molecule has 0 atom stereocenters. The van der Waals surface area contributed by atoms with E-state index in [0.717, 1.165) is 10.0 Å². The Labute approximate surface area is 85.0 Å². The molecular weight excluding hydrogens is 237 g/mol. The molecule has 0 fully saturated rings. The van der Waals surface area contributed by atoms with Crippen LogP contribution in [-0.2, 0) is 0 Å². The summed E-state index contributed by atoms with van der Waals surface area (Å²) >= 11 is 9.12. The van der Waals surface area contributed by atoms with Gasteiger partial charge in [-0.1, -0.05) is 17.5 Å². The Morgan fingerprint density at radius 1 is 1.50 bits per heavy atom. The van der Waals surface area contributed by atoms with E-state index >= 15 is 0 Å². The maximum atomic E-state index is 5.85. The molecule has 0 aliphatic carbocycles. The molecule has 0 saturated heterocycles. The molecule has 62 valence electrons. The highest BCUT2D eigenvalue weighted by Crippen LogP contribution is 2.27. The van der Waals surface area contributed by atoms with E-state index in [0.29, 0.717) is 10.7 Å². The van der Waals surface area contributed by atoms with Crippen molar-refractivity contribution in [1.29, 1.82) is 0 Å². The minimum Gasteiger partial charge on any atom is -0.398 e. The highest BCUT2D eigenvalue weighted by atomic mass is 79.9. The summed E-state index contributed by atoms with van der Waals surface area (Å²) in [5, 5.41) is 0.627. The van der Waals surface area contributed by atoms with Crippen molar-refractivity contribution in [2.45, 2.75) is 6.92 Å². The Kier molecular flexibility index (Phi) is 3.02.